The second kappa shape index (κ2) is 6.81. The van der Waals surface area contributed by atoms with Gasteiger partial charge in [-0.15, -0.1) is 0 Å². The molecule has 0 aliphatic carbocycles. The van der Waals surface area contributed by atoms with E-state index in [0.29, 0.717) is 24.8 Å². The van der Waals surface area contributed by atoms with E-state index in [1.165, 1.54) is 0 Å². The van der Waals surface area contributed by atoms with Gasteiger partial charge in [0.05, 0.1) is 6.10 Å². The lowest BCUT2D eigenvalue weighted by molar-refractivity contribution is 0.134. The van der Waals surface area contributed by atoms with Crippen molar-refractivity contribution >= 4 is 11.6 Å². The molecule has 5 heteroatoms. The van der Waals surface area contributed by atoms with E-state index in [1.54, 1.807) is 12.3 Å². The van der Waals surface area contributed by atoms with Crippen LogP contribution in [0.25, 0.3) is 0 Å². The van der Waals surface area contributed by atoms with Crippen LogP contribution in [0.1, 0.15) is 5.56 Å². The Morgan fingerprint density at radius 2 is 2.25 bits per heavy atom. The normalized spacial score (nSPS) is 13.1. The van der Waals surface area contributed by atoms with Gasteiger partial charge >= 0.3 is 0 Å². The molecule has 1 rings (SSSR count). The van der Waals surface area contributed by atoms with Gasteiger partial charge in [-0.1, -0.05) is 17.7 Å². The van der Waals surface area contributed by atoms with E-state index < -0.39 is 0 Å². The van der Waals surface area contributed by atoms with Gasteiger partial charge in [0.25, 0.3) is 0 Å². The summed E-state index contributed by atoms with van der Waals surface area (Å²) in [5.74, 6) is 0. The number of nitrogens with zero attached hydrogens (tertiary/aromatic N) is 2. The first-order valence-electron chi connectivity index (χ1n) is 5.22. The Balaban J connectivity index is 2.22. The van der Waals surface area contributed by atoms with E-state index >= 15 is 0 Å². The first-order chi connectivity index (χ1) is 7.58. The van der Waals surface area contributed by atoms with E-state index in [1.807, 2.05) is 25.1 Å². The lowest BCUT2D eigenvalue weighted by atomic mass is 10.2. The van der Waals surface area contributed by atoms with Crippen LogP contribution in [-0.4, -0.2) is 48.3 Å². The zero-order chi connectivity index (χ0) is 12.0. The van der Waals surface area contributed by atoms with Gasteiger partial charge in [0.2, 0.25) is 0 Å². The van der Waals surface area contributed by atoms with Gasteiger partial charge in [-0.2, -0.15) is 0 Å². The van der Waals surface area contributed by atoms with E-state index in [-0.39, 0.29) is 6.10 Å². The van der Waals surface area contributed by atoms with Crippen molar-refractivity contribution in [2.75, 3.05) is 27.2 Å². The lowest BCUT2D eigenvalue weighted by Gasteiger charge is -2.16. The highest BCUT2D eigenvalue weighted by Crippen LogP contribution is 2.04. The number of pyridine rings is 1. The first kappa shape index (κ1) is 13.4. The van der Waals surface area contributed by atoms with Gasteiger partial charge in [0, 0.05) is 25.8 Å². The fraction of sp³-hybridized carbons (Fsp3) is 0.545. The van der Waals surface area contributed by atoms with Crippen molar-refractivity contribution in [1.82, 2.24) is 15.2 Å². The molecule has 0 spiro atoms. The summed E-state index contributed by atoms with van der Waals surface area (Å²) < 4.78 is 0. The minimum atomic E-state index is -0.352. The minimum Gasteiger partial charge on any atom is -0.390 e. The molecule has 1 heterocycles. The van der Waals surface area contributed by atoms with Gasteiger partial charge < -0.3 is 15.3 Å². The fourth-order valence-corrected chi connectivity index (χ4v) is 1.49. The smallest absolute Gasteiger partial charge is 0.129 e. The standard InChI is InChI=1S/C11H18ClN3O/c1-15(2)8-10(16)7-13-5-9-3-4-11(12)14-6-9/h3-4,6,10,13,16H,5,7-8H2,1-2H3. The number of hydrogen-bond donors (Lipinski definition) is 2. The number of aromatic nitrogens is 1. The predicted octanol–water partition coefficient (Wildman–Crippen LogP) is 0.747. The molecule has 0 amide bonds. The SMILES string of the molecule is CN(C)CC(O)CNCc1ccc(Cl)nc1. The van der Waals surface area contributed by atoms with Crippen LogP contribution in [0.4, 0.5) is 0 Å². The van der Waals surface area contributed by atoms with E-state index in [9.17, 15) is 5.11 Å². The molecule has 0 aliphatic rings. The molecule has 4 nitrogen and oxygen atoms in total. The van der Waals surface area contributed by atoms with Crippen LogP contribution in [0.15, 0.2) is 18.3 Å². The van der Waals surface area contributed by atoms with Gasteiger partial charge in [-0.3, -0.25) is 0 Å². The molecule has 0 bridgehead atoms. The fourth-order valence-electron chi connectivity index (χ4n) is 1.38. The monoisotopic (exact) mass is 243 g/mol. The van der Waals surface area contributed by atoms with Gasteiger partial charge in [-0.25, -0.2) is 4.98 Å². The molecular formula is C11H18ClN3O. The Morgan fingerprint density at radius 3 is 2.81 bits per heavy atom. The Bertz CT molecular complexity index is 303. The molecule has 1 aromatic rings. The molecular weight excluding hydrogens is 226 g/mol. The van der Waals surface area contributed by atoms with Crippen molar-refractivity contribution < 1.29 is 5.11 Å². The molecule has 0 aromatic carbocycles. The summed E-state index contributed by atoms with van der Waals surface area (Å²) in [6.45, 7) is 1.92. The molecule has 0 saturated heterocycles. The average Bonchev–Trinajstić information content (AvgIpc) is 2.20. The van der Waals surface area contributed by atoms with Crippen LogP contribution in [-0.2, 0) is 6.54 Å². The van der Waals surface area contributed by atoms with Crippen molar-refractivity contribution in [3.05, 3.63) is 29.0 Å². The maximum atomic E-state index is 9.60. The molecule has 0 radical (unpaired) electrons. The van der Waals surface area contributed by atoms with Crippen molar-refractivity contribution in [2.24, 2.45) is 0 Å². The summed E-state index contributed by atoms with van der Waals surface area (Å²) in [5.41, 5.74) is 1.06. The second-order valence-corrected chi connectivity index (χ2v) is 4.42. The van der Waals surface area contributed by atoms with Crippen LogP contribution in [0.3, 0.4) is 0 Å². The maximum Gasteiger partial charge on any atom is 0.129 e. The van der Waals surface area contributed by atoms with E-state index in [0.717, 1.165) is 5.56 Å². The third-order valence-electron chi connectivity index (χ3n) is 2.07. The largest absolute Gasteiger partial charge is 0.390 e. The number of aliphatic hydroxyl groups is 1. The average molecular weight is 244 g/mol. The van der Waals surface area contributed by atoms with E-state index in [4.69, 9.17) is 11.6 Å². The summed E-state index contributed by atoms with van der Waals surface area (Å²) in [6.07, 6.45) is 1.38. The number of aliphatic hydroxyl groups excluding tert-OH is 1. The molecule has 1 aromatic heterocycles. The first-order valence-corrected chi connectivity index (χ1v) is 5.59. The molecule has 1 unspecified atom stereocenters. The molecule has 0 aliphatic heterocycles. The number of likely N-dealkylation sites (N-methyl/N-ethyl adjacent to an activating group) is 1. The Labute approximate surface area is 101 Å². The molecule has 0 saturated carbocycles. The Hall–Kier alpha value is -0.680. The Morgan fingerprint density at radius 1 is 1.50 bits per heavy atom. The molecule has 1 atom stereocenters. The molecule has 0 fully saturated rings. The van der Waals surface area contributed by atoms with Crippen molar-refractivity contribution in [3.8, 4) is 0 Å². The van der Waals surface area contributed by atoms with E-state index in [2.05, 4.69) is 10.3 Å². The van der Waals surface area contributed by atoms with Crippen molar-refractivity contribution in [3.63, 3.8) is 0 Å². The molecule has 16 heavy (non-hydrogen) atoms. The van der Waals surface area contributed by atoms with Crippen LogP contribution in [0.2, 0.25) is 5.15 Å². The zero-order valence-corrected chi connectivity index (χ0v) is 10.4. The highest BCUT2D eigenvalue weighted by atomic mass is 35.5. The van der Waals surface area contributed by atoms with Crippen molar-refractivity contribution in [2.45, 2.75) is 12.6 Å². The maximum absolute atomic E-state index is 9.60. The topological polar surface area (TPSA) is 48.4 Å². The van der Waals surface area contributed by atoms with Crippen LogP contribution < -0.4 is 5.32 Å². The number of hydrogen-bond acceptors (Lipinski definition) is 4. The quantitative estimate of drug-likeness (QED) is 0.724. The second-order valence-electron chi connectivity index (χ2n) is 4.04. The minimum absolute atomic E-state index is 0.352. The molecule has 2 N–H and O–H groups in total. The highest BCUT2D eigenvalue weighted by Gasteiger charge is 2.04. The van der Waals surface area contributed by atoms with Gasteiger partial charge in [-0.05, 0) is 25.7 Å². The number of halogens is 1. The zero-order valence-electron chi connectivity index (χ0n) is 9.65. The number of nitrogens with one attached hydrogen (secondary N) is 1. The lowest BCUT2D eigenvalue weighted by Crippen LogP contribution is -2.34. The predicted molar refractivity (Wildman–Crippen MR) is 65.5 cm³/mol. The van der Waals surface area contributed by atoms with Crippen LogP contribution in [0, 0.1) is 0 Å². The van der Waals surface area contributed by atoms with Crippen molar-refractivity contribution in [1.29, 1.82) is 0 Å². The summed E-state index contributed by atoms with van der Waals surface area (Å²) in [6, 6.07) is 3.68. The van der Waals surface area contributed by atoms with Gasteiger partial charge in [0.1, 0.15) is 5.15 Å². The summed E-state index contributed by atoms with van der Waals surface area (Å²) in [4.78, 5) is 5.93. The summed E-state index contributed by atoms with van der Waals surface area (Å²) in [5, 5.41) is 13.3. The third-order valence-corrected chi connectivity index (χ3v) is 2.30. The number of rotatable bonds is 6. The van der Waals surface area contributed by atoms with Crippen LogP contribution in [0.5, 0.6) is 0 Å². The Kier molecular flexibility index (Phi) is 5.69. The van der Waals surface area contributed by atoms with Crippen LogP contribution >= 0.6 is 11.6 Å². The summed E-state index contributed by atoms with van der Waals surface area (Å²) >= 11 is 5.68. The van der Waals surface area contributed by atoms with Gasteiger partial charge in [0.15, 0.2) is 0 Å². The highest BCUT2D eigenvalue weighted by molar-refractivity contribution is 6.29. The third kappa shape index (κ3) is 5.42. The summed E-state index contributed by atoms with van der Waals surface area (Å²) in [7, 11) is 3.87. The molecule has 90 valence electrons.